The van der Waals surface area contributed by atoms with Gasteiger partial charge in [-0.25, -0.2) is 4.79 Å². The zero-order valence-corrected chi connectivity index (χ0v) is 19.6. The van der Waals surface area contributed by atoms with Crippen LogP contribution in [0, 0.1) is 0 Å². The minimum atomic E-state index is -0.998. The van der Waals surface area contributed by atoms with Gasteiger partial charge in [-0.1, -0.05) is 12.1 Å². The zero-order chi connectivity index (χ0) is 23.4. The summed E-state index contributed by atoms with van der Waals surface area (Å²) in [5, 5.41) is 11.5. The van der Waals surface area contributed by atoms with E-state index in [1.165, 1.54) is 30.2 Å². The molecule has 1 aliphatic heterocycles. The van der Waals surface area contributed by atoms with Crippen LogP contribution in [-0.4, -0.2) is 46.6 Å². The van der Waals surface area contributed by atoms with Gasteiger partial charge in [0, 0.05) is 7.05 Å². The van der Waals surface area contributed by atoms with Crippen molar-refractivity contribution in [2.45, 2.75) is 13.5 Å². The number of benzene rings is 2. The molecule has 2 aromatic carbocycles. The van der Waals surface area contributed by atoms with Crippen LogP contribution in [0.3, 0.4) is 0 Å². The van der Waals surface area contributed by atoms with Crippen molar-refractivity contribution in [1.82, 2.24) is 10.2 Å². The van der Waals surface area contributed by atoms with Crippen LogP contribution in [0.1, 0.15) is 28.4 Å². The lowest BCUT2D eigenvalue weighted by atomic mass is 10.1. The van der Waals surface area contributed by atoms with E-state index < -0.39 is 17.8 Å². The fraction of sp³-hybridized carbons (Fsp3) is 0.182. The van der Waals surface area contributed by atoms with Crippen molar-refractivity contribution >= 4 is 57.1 Å². The summed E-state index contributed by atoms with van der Waals surface area (Å²) in [6.45, 7) is 2.37. The van der Waals surface area contributed by atoms with Gasteiger partial charge in [-0.3, -0.25) is 19.8 Å². The first-order valence-electron chi connectivity index (χ1n) is 9.47. The van der Waals surface area contributed by atoms with Crippen molar-refractivity contribution in [3.63, 3.8) is 0 Å². The Kier molecular flexibility index (Phi) is 7.26. The topological polar surface area (TPSA) is 105 Å². The molecule has 0 spiro atoms. The zero-order valence-electron chi connectivity index (χ0n) is 17.2. The fourth-order valence-corrected chi connectivity index (χ4v) is 3.64. The molecule has 8 nitrogen and oxygen atoms in total. The number of carboxylic acids is 1. The molecule has 0 aromatic heterocycles. The highest BCUT2D eigenvalue weighted by molar-refractivity contribution is 9.10. The molecule has 1 fully saturated rings. The number of carbonyl (C=O) groups excluding carboxylic acids is 2. The van der Waals surface area contributed by atoms with Gasteiger partial charge < -0.3 is 14.6 Å². The lowest BCUT2D eigenvalue weighted by molar-refractivity contribution is -0.128. The predicted molar refractivity (Wildman–Crippen MR) is 125 cm³/mol. The Balaban J connectivity index is 1.87. The standard InChI is InChI=1S/C22H19BrN2O6S/c1-3-30-17-10-13(8-15-19(26)24-22(32)25(2)20(15)27)9-16(23)18(17)31-11-12-4-6-14(7-5-12)21(28)29/h4-10H,3,11H2,1-2H3,(H,28,29)(H,24,26,32)/b15-8+. The van der Waals surface area contributed by atoms with E-state index in [1.807, 2.05) is 6.92 Å². The van der Waals surface area contributed by atoms with Crippen molar-refractivity contribution < 1.29 is 29.0 Å². The molecule has 0 bridgehead atoms. The first-order valence-corrected chi connectivity index (χ1v) is 10.7. The van der Waals surface area contributed by atoms with Crippen molar-refractivity contribution in [1.29, 1.82) is 0 Å². The largest absolute Gasteiger partial charge is 0.490 e. The summed E-state index contributed by atoms with van der Waals surface area (Å²) >= 11 is 8.42. The van der Waals surface area contributed by atoms with Crippen molar-refractivity contribution in [3.05, 3.63) is 63.1 Å². The van der Waals surface area contributed by atoms with Crippen LogP contribution in [0.4, 0.5) is 0 Å². The smallest absolute Gasteiger partial charge is 0.335 e. The third kappa shape index (κ3) is 5.14. The molecule has 1 aliphatic rings. The molecule has 32 heavy (non-hydrogen) atoms. The quantitative estimate of drug-likeness (QED) is 0.328. The summed E-state index contributed by atoms with van der Waals surface area (Å²) in [6.07, 6.45) is 1.46. The summed E-state index contributed by atoms with van der Waals surface area (Å²) in [5.41, 5.74) is 1.47. The molecule has 166 valence electrons. The Morgan fingerprint density at radius 2 is 1.91 bits per heavy atom. The van der Waals surface area contributed by atoms with Gasteiger partial charge in [0.1, 0.15) is 12.2 Å². The number of amides is 2. The van der Waals surface area contributed by atoms with Crippen LogP contribution in [-0.2, 0) is 16.2 Å². The minimum Gasteiger partial charge on any atom is -0.490 e. The SMILES string of the molecule is CCOc1cc(/C=C2\C(=O)NC(=S)N(C)C2=O)cc(Br)c1OCc1ccc(C(=O)O)cc1. The number of rotatable bonds is 7. The molecule has 0 saturated carbocycles. The van der Waals surface area contributed by atoms with Crippen LogP contribution < -0.4 is 14.8 Å². The molecule has 0 aliphatic carbocycles. The van der Waals surface area contributed by atoms with E-state index in [1.54, 1.807) is 24.3 Å². The van der Waals surface area contributed by atoms with Gasteiger partial charge in [-0.15, -0.1) is 0 Å². The number of nitrogens with one attached hydrogen (secondary N) is 1. The number of carbonyl (C=O) groups is 3. The van der Waals surface area contributed by atoms with Gasteiger partial charge in [0.2, 0.25) is 0 Å². The molecular formula is C22H19BrN2O6S. The van der Waals surface area contributed by atoms with Crippen LogP contribution in [0.15, 0.2) is 46.4 Å². The second-order valence-corrected chi connectivity index (χ2v) is 7.98. The summed E-state index contributed by atoms with van der Waals surface area (Å²) in [4.78, 5) is 36.9. The van der Waals surface area contributed by atoms with Gasteiger partial charge in [-0.05, 0) is 76.5 Å². The van der Waals surface area contributed by atoms with E-state index in [2.05, 4.69) is 21.2 Å². The van der Waals surface area contributed by atoms with E-state index in [4.69, 9.17) is 26.8 Å². The highest BCUT2D eigenvalue weighted by atomic mass is 79.9. The molecule has 2 amide bonds. The summed E-state index contributed by atoms with van der Waals surface area (Å²) < 4.78 is 12.2. The van der Waals surface area contributed by atoms with Crippen LogP contribution in [0.2, 0.25) is 0 Å². The second kappa shape index (κ2) is 9.92. The van der Waals surface area contributed by atoms with E-state index in [9.17, 15) is 14.4 Å². The first-order chi connectivity index (χ1) is 15.2. The Labute approximate surface area is 197 Å². The Morgan fingerprint density at radius 1 is 1.22 bits per heavy atom. The van der Waals surface area contributed by atoms with Crippen molar-refractivity contribution in [2.24, 2.45) is 0 Å². The number of hydrogen-bond donors (Lipinski definition) is 2. The average molecular weight is 519 g/mol. The maximum absolute atomic E-state index is 12.4. The minimum absolute atomic E-state index is 0.0495. The summed E-state index contributed by atoms with van der Waals surface area (Å²) in [5.74, 6) is -1.21. The number of carboxylic acid groups (broad SMARTS) is 1. The first kappa shape index (κ1) is 23.4. The maximum atomic E-state index is 12.4. The van der Waals surface area contributed by atoms with E-state index in [-0.39, 0.29) is 22.9 Å². The van der Waals surface area contributed by atoms with Crippen LogP contribution in [0.25, 0.3) is 6.08 Å². The molecule has 1 heterocycles. The lowest BCUT2D eigenvalue weighted by Gasteiger charge is -2.25. The number of aromatic carboxylic acids is 1. The summed E-state index contributed by atoms with van der Waals surface area (Å²) in [6, 6.07) is 9.71. The third-order valence-corrected chi connectivity index (χ3v) is 5.50. The van der Waals surface area contributed by atoms with E-state index in [0.717, 1.165) is 5.56 Å². The number of hydrogen-bond acceptors (Lipinski definition) is 6. The molecule has 2 N–H and O–H groups in total. The number of ether oxygens (including phenoxy) is 2. The van der Waals surface area contributed by atoms with Crippen LogP contribution in [0.5, 0.6) is 11.5 Å². The number of likely N-dealkylation sites (N-methyl/N-ethyl adjacent to an activating group) is 1. The van der Waals surface area contributed by atoms with Crippen molar-refractivity contribution in [2.75, 3.05) is 13.7 Å². The van der Waals surface area contributed by atoms with Gasteiger partial charge in [0.05, 0.1) is 16.6 Å². The number of nitrogens with zero attached hydrogens (tertiary/aromatic N) is 1. The lowest BCUT2D eigenvalue weighted by Crippen LogP contribution is -2.52. The summed E-state index contributed by atoms with van der Waals surface area (Å²) in [7, 11) is 1.49. The predicted octanol–water partition coefficient (Wildman–Crippen LogP) is 3.38. The normalized spacial score (nSPS) is 15.0. The van der Waals surface area contributed by atoms with Crippen LogP contribution >= 0.6 is 28.1 Å². The Bertz CT molecular complexity index is 1130. The average Bonchev–Trinajstić information content (AvgIpc) is 2.75. The van der Waals surface area contributed by atoms with E-state index >= 15 is 0 Å². The highest BCUT2D eigenvalue weighted by Crippen LogP contribution is 2.38. The molecule has 0 atom stereocenters. The Morgan fingerprint density at radius 3 is 2.53 bits per heavy atom. The maximum Gasteiger partial charge on any atom is 0.335 e. The van der Waals surface area contributed by atoms with Gasteiger partial charge in [0.15, 0.2) is 16.6 Å². The van der Waals surface area contributed by atoms with Gasteiger partial charge in [0.25, 0.3) is 11.8 Å². The van der Waals surface area contributed by atoms with Gasteiger partial charge >= 0.3 is 5.97 Å². The third-order valence-electron chi connectivity index (χ3n) is 4.53. The molecule has 0 unspecified atom stereocenters. The monoisotopic (exact) mass is 518 g/mol. The molecular weight excluding hydrogens is 500 g/mol. The Hall–Kier alpha value is -3.24. The van der Waals surface area contributed by atoms with Crippen molar-refractivity contribution in [3.8, 4) is 11.5 Å². The van der Waals surface area contributed by atoms with Gasteiger partial charge in [-0.2, -0.15) is 0 Å². The second-order valence-electron chi connectivity index (χ2n) is 6.74. The fourth-order valence-electron chi connectivity index (χ4n) is 2.89. The van der Waals surface area contributed by atoms with E-state index in [0.29, 0.717) is 28.1 Å². The molecule has 2 aromatic rings. The highest BCUT2D eigenvalue weighted by Gasteiger charge is 2.30. The molecule has 0 radical (unpaired) electrons. The number of thiocarbonyl (C=S) groups is 1. The number of halogens is 1. The molecule has 3 rings (SSSR count). The molecule has 1 saturated heterocycles. The molecule has 10 heteroatoms.